The third-order valence-electron chi connectivity index (χ3n) is 10.1. The van der Waals surface area contributed by atoms with Crippen LogP contribution >= 0.6 is 11.3 Å². The van der Waals surface area contributed by atoms with Gasteiger partial charge in [-0.1, -0.05) is 87.4 Å². The van der Waals surface area contributed by atoms with E-state index in [0.29, 0.717) is 66.2 Å². The summed E-state index contributed by atoms with van der Waals surface area (Å²) in [5.41, 5.74) is 6.39. The van der Waals surface area contributed by atoms with E-state index in [2.05, 4.69) is 6.07 Å². The summed E-state index contributed by atoms with van der Waals surface area (Å²) >= 11 is 1.59. The Morgan fingerprint density at radius 2 is 1.02 bits per heavy atom. The first-order valence-electron chi connectivity index (χ1n) is 16.9. The first kappa shape index (κ1) is 35.7. The molecule has 3 heterocycles. The van der Waals surface area contributed by atoms with Crippen molar-refractivity contribution in [1.29, 1.82) is 0 Å². The van der Waals surface area contributed by atoms with Crippen LogP contribution in [-0.4, -0.2) is 106 Å². The molecule has 9 aromatic rings. The molecule has 22 radical (unpaired) electrons. The Balaban J connectivity index is 1.30. The van der Waals surface area contributed by atoms with Crippen LogP contribution in [-0.2, 0) is 0 Å². The van der Waals surface area contributed by atoms with Crippen LogP contribution in [0.3, 0.4) is 0 Å². The van der Waals surface area contributed by atoms with E-state index in [1.165, 1.54) is 0 Å². The molecule has 0 N–H and O–H groups in total. The Kier molecular flexibility index (Phi) is 8.51. The summed E-state index contributed by atoms with van der Waals surface area (Å²) in [6, 6.07) is 24.8. The second kappa shape index (κ2) is 13.1. The van der Waals surface area contributed by atoms with E-state index in [4.69, 9.17) is 101 Å². The fourth-order valence-corrected chi connectivity index (χ4v) is 8.53. The minimum atomic E-state index is 0.0939. The molecule has 0 atom stereocenters. The van der Waals surface area contributed by atoms with Gasteiger partial charge in [0.05, 0.1) is 0 Å². The van der Waals surface area contributed by atoms with Crippen LogP contribution in [0.4, 0.5) is 0 Å². The SMILES string of the molecule is [B]c1cc([B])c2c(c1[B])c1c([B])c([B])cc([B])c1n2-c1ccc2sc3c(-c4nc(-c5ccccc5)nc(-c5c([B])c([B])c([B])c([B])c5[B])n4)cccc3c2c1. The summed E-state index contributed by atoms with van der Waals surface area (Å²) < 4.78 is 3.89. The molecule has 9 rings (SSSR count). The molecule has 0 aliphatic rings. The molecule has 0 aliphatic carbocycles. The molecule has 0 spiro atoms. The van der Waals surface area contributed by atoms with E-state index in [1.807, 2.05) is 65.2 Å². The molecule has 6 aromatic carbocycles. The normalized spacial score (nSPS) is 11.7. The molecule has 4 nitrogen and oxygen atoms in total. The van der Waals surface area contributed by atoms with Crippen LogP contribution in [0.5, 0.6) is 0 Å². The van der Waals surface area contributed by atoms with Gasteiger partial charge in [-0.05, 0) is 35.0 Å². The zero-order valence-corrected chi connectivity index (χ0v) is 29.9. The summed E-state index contributed by atoms with van der Waals surface area (Å²) in [6.45, 7) is 0. The van der Waals surface area contributed by atoms with Crippen LogP contribution in [0.25, 0.3) is 81.8 Å². The molecule has 0 saturated heterocycles. The monoisotopic (exact) mass is 690 g/mol. The number of benzene rings is 6. The van der Waals surface area contributed by atoms with Crippen molar-refractivity contribution in [1.82, 2.24) is 19.5 Å². The summed E-state index contributed by atoms with van der Waals surface area (Å²) in [6.07, 6.45) is 0. The Bertz CT molecular complexity index is 3030. The molecule has 0 amide bonds. The Morgan fingerprint density at radius 3 is 1.64 bits per heavy atom. The molecule has 0 unspecified atom stereocenters. The number of aromatic nitrogens is 4. The zero-order chi connectivity index (χ0) is 38.6. The van der Waals surface area contributed by atoms with Crippen molar-refractivity contribution in [3.8, 4) is 39.9 Å². The fourth-order valence-electron chi connectivity index (χ4n) is 7.33. The fraction of sp³-hybridized carbons (Fsp3) is 0. The molecular formula is C39H13B11N4S. The number of fused-ring (bicyclic) bond motifs is 6. The first-order chi connectivity index (χ1) is 26.3. The van der Waals surface area contributed by atoms with E-state index < -0.39 is 0 Å². The maximum Gasteiger partial charge on any atom is 0.165 e. The molecule has 0 aliphatic heterocycles. The summed E-state index contributed by atoms with van der Waals surface area (Å²) in [4.78, 5) is 14.7. The predicted octanol–water partition coefficient (Wildman–Crippen LogP) is -2.93. The van der Waals surface area contributed by atoms with Crippen molar-refractivity contribution in [3.05, 3.63) is 78.9 Å². The van der Waals surface area contributed by atoms with Crippen LogP contribution in [0, 0.1) is 0 Å². The van der Waals surface area contributed by atoms with Gasteiger partial charge in [0, 0.05) is 53.6 Å². The lowest BCUT2D eigenvalue weighted by Gasteiger charge is -2.20. The Labute approximate surface area is 336 Å². The topological polar surface area (TPSA) is 43.6 Å². The average molecular weight is 689 g/mol. The van der Waals surface area contributed by atoms with Gasteiger partial charge in [0.25, 0.3) is 0 Å². The Morgan fingerprint density at radius 1 is 0.455 bits per heavy atom. The van der Waals surface area contributed by atoms with E-state index >= 15 is 0 Å². The van der Waals surface area contributed by atoms with E-state index in [-0.39, 0.29) is 38.7 Å². The van der Waals surface area contributed by atoms with Crippen molar-refractivity contribution < 1.29 is 0 Å². The van der Waals surface area contributed by atoms with Crippen molar-refractivity contribution in [2.45, 2.75) is 0 Å². The number of nitrogens with zero attached hydrogens (tertiary/aromatic N) is 4. The van der Waals surface area contributed by atoms with Crippen molar-refractivity contribution >= 4 is 200 Å². The Hall–Kier alpha value is -4.94. The van der Waals surface area contributed by atoms with Crippen LogP contribution < -0.4 is 60.1 Å². The number of rotatable bonds is 4. The highest BCUT2D eigenvalue weighted by molar-refractivity contribution is 7.26. The third kappa shape index (κ3) is 5.38. The van der Waals surface area contributed by atoms with Gasteiger partial charge in [0.1, 0.15) is 86.3 Å². The lowest BCUT2D eigenvalue weighted by atomic mass is 9.60. The molecule has 228 valence electrons. The van der Waals surface area contributed by atoms with Gasteiger partial charge < -0.3 is 4.57 Å². The van der Waals surface area contributed by atoms with Gasteiger partial charge in [-0.2, -0.15) is 0 Å². The molecule has 0 bridgehead atoms. The van der Waals surface area contributed by atoms with Crippen LogP contribution in [0.1, 0.15) is 0 Å². The first-order valence-corrected chi connectivity index (χ1v) is 17.7. The van der Waals surface area contributed by atoms with Gasteiger partial charge in [-0.15, -0.1) is 38.7 Å². The molecule has 0 fully saturated rings. The smallest absolute Gasteiger partial charge is 0.165 e. The zero-order valence-electron chi connectivity index (χ0n) is 29.1. The van der Waals surface area contributed by atoms with Crippen molar-refractivity contribution in [3.63, 3.8) is 0 Å². The van der Waals surface area contributed by atoms with Gasteiger partial charge in [-0.25, -0.2) is 15.0 Å². The summed E-state index contributed by atoms with van der Waals surface area (Å²) in [5, 5.41) is 3.07. The average Bonchev–Trinajstić information content (AvgIpc) is 3.75. The second-order valence-corrected chi connectivity index (χ2v) is 14.4. The minimum Gasteiger partial charge on any atom is -0.310 e. The van der Waals surface area contributed by atoms with Crippen LogP contribution in [0.15, 0.2) is 78.9 Å². The van der Waals surface area contributed by atoms with Gasteiger partial charge in [0.2, 0.25) is 0 Å². The summed E-state index contributed by atoms with van der Waals surface area (Å²) in [5.74, 6) is 0.979. The van der Waals surface area contributed by atoms with E-state index in [1.54, 1.807) is 23.5 Å². The standard InChI is InChI=1S/C39H13B11N4S/c40-19-12-21(42)34-24(27(19)44)25-28(45)20(41)13-22(43)35(25)54(34)15-9-10-23-18(11-15)16-7-4-8-17(36(16)55-23)38-51-37(14-5-2-1-3-6-14)52-39(53-38)26-29(46)31(48)33(50)32(49)30(26)47/h1-13H. The van der Waals surface area contributed by atoms with Gasteiger partial charge in [0.15, 0.2) is 17.5 Å². The molecule has 16 heteroatoms. The molecular weight excluding hydrogens is 675 g/mol. The number of hydrogen-bond acceptors (Lipinski definition) is 4. The molecule has 0 saturated carbocycles. The molecule has 55 heavy (non-hydrogen) atoms. The van der Waals surface area contributed by atoms with Crippen molar-refractivity contribution in [2.24, 2.45) is 0 Å². The highest BCUT2D eigenvalue weighted by Gasteiger charge is 2.23. The lowest BCUT2D eigenvalue weighted by molar-refractivity contribution is 1.08. The largest absolute Gasteiger partial charge is 0.310 e. The summed E-state index contributed by atoms with van der Waals surface area (Å²) in [7, 11) is 70.7. The third-order valence-corrected chi connectivity index (χ3v) is 11.3. The van der Waals surface area contributed by atoms with Gasteiger partial charge in [-0.3, -0.25) is 0 Å². The van der Waals surface area contributed by atoms with E-state index in [9.17, 15) is 0 Å². The predicted molar refractivity (Wildman–Crippen MR) is 243 cm³/mol. The maximum absolute atomic E-state index is 6.66. The van der Waals surface area contributed by atoms with Crippen LogP contribution in [0.2, 0.25) is 0 Å². The lowest BCUT2D eigenvalue weighted by Crippen LogP contribution is -2.55. The van der Waals surface area contributed by atoms with E-state index in [0.717, 1.165) is 37.0 Å². The highest BCUT2D eigenvalue weighted by Crippen LogP contribution is 2.41. The highest BCUT2D eigenvalue weighted by atomic mass is 32.1. The quantitative estimate of drug-likeness (QED) is 0.186. The van der Waals surface area contributed by atoms with Crippen molar-refractivity contribution in [2.75, 3.05) is 0 Å². The number of thiophene rings is 1. The maximum atomic E-state index is 6.66. The number of hydrogen-bond donors (Lipinski definition) is 0. The van der Waals surface area contributed by atoms with Gasteiger partial charge >= 0.3 is 0 Å². The molecule has 3 aromatic heterocycles. The minimum absolute atomic E-state index is 0.0939. The second-order valence-electron chi connectivity index (χ2n) is 13.3.